The van der Waals surface area contributed by atoms with Gasteiger partial charge in [0.1, 0.15) is 0 Å². The van der Waals surface area contributed by atoms with Crippen LogP contribution in [0, 0.1) is 5.41 Å². The van der Waals surface area contributed by atoms with E-state index in [1.807, 2.05) is 0 Å². The van der Waals surface area contributed by atoms with Crippen molar-refractivity contribution in [3.8, 4) is 0 Å². The van der Waals surface area contributed by atoms with Gasteiger partial charge >= 0.3 is 5.97 Å². The summed E-state index contributed by atoms with van der Waals surface area (Å²) < 4.78 is 0. The summed E-state index contributed by atoms with van der Waals surface area (Å²) in [7, 11) is 0. The molecule has 0 aromatic heterocycles. The number of nitrogens with zero attached hydrogens (tertiary/aromatic N) is 1. The van der Waals surface area contributed by atoms with E-state index in [1.165, 1.54) is 19.4 Å². The van der Waals surface area contributed by atoms with Crippen LogP contribution >= 0.6 is 0 Å². The molecule has 0 aromatic rings. The van der Waals surface area contributed by atoms with Gasteiger partial charge in [-0.3, -0.25) is 9.69 Å². The number of carbonyl (C=O) groups is 1. The van der Waals surface area contributed by atoms with Crippen molar-refractivity contribution >= 4 is 5.97 Å². The summed E-state index contributed by atoms with van der Waals surface area (Å²) in [4.78, 5) is 14.1. The second kappa shape index (κ2) is 3.70. The smallest absolute Gasteiger partial charge is 0.311 e. The highest BCUT2D eigenvalue weighted by Crippen LogP contribution is 2.43. The second-order valence-electron chi connectivity index (χ2n) is 5.49. The molecule has 3 aliphatic heterocycles. The van der Waals surface area contributed by atoms with Crippen molar-refractivity contribution < 1.29 is 9.90 Å². The van der Waals surface area contributed by atoms with Gasteiger partial charge in [0.25, 0.3) is 0 Å². The quantitative estimate of drug-likeness (QED) is 0.687. The van der Waals surface area contributed by atoms with Gasteiger partial charge < -0.3 is 10.4 Å². The van der Waals surface area contributed by atoms with E-state index in [-0.39, 0.29) is 6.04 Å². The first-order valence-corrected chi connectivity index (χ1v) is 6.45. The van der Waals surface area contributed by atoms with Crippen LogP contribution in [-0.4, -0.2) is 47.7 Å². The van der Waals surface area contributed by atoms with Crippen LogP contribution in [0.1, 0.15) is 32.1 Å². The van der Waals surface area contributed by atoms with Crippen LogP contribution in [0.25, 0.3) is 0 Å². The monoisotopic (exact) mass is 224 g/mol. The molecule has 3 saturated heterocycles. The predicted molar refractivity (Wildman–Crippen MR) is 60.3 cm³/mol. The molecule has 0 aromatic carbocycles. The highest BCUT2D eigenvalue weighted by molar-refractivity contribution is 5.76. The molecule has 0 spiro atoms. The van der Waals surface area contributed by atoms with Crippen LogP contribution in [0.3, 0.4) is 0 Å². The van der Waals surface area contributed by atoms with E-state index in [1.54, 1.807) is 0 Å². The molecule has 3 aliphatic rings. The lowest BCUT2D eigenvalue weighted by Gasteiger charge is -2.34. The number of carboxylic acid groups (broad SMARTS) is 1. The van der Waals surface area contributed by atoms with Crippen molar-refractivity contribution in [1.29, 1.82) is 0 Å². The summed E-state index contributed by atoms with van der Waals surface area (Å²) >= 11 is 0. The summed E-state index contributed by atoms with van der Waals surface area (Å²) in [5.41, 5.74) is -0.468. The van der Waals surface area contributed by atoms with E-state index < -0.39 is 11.4 Å². The lowest BCUT2D eigenvalue weighted by atomic mass is 9.74. The summed E-state index contributed by atoms with van der Waals surface area (Å²) in [5.74, 6) is -0.573. The number of fused-ring (bicyclic) bond motifs is 3. The standard InChI is InChI=1S/C12H20N2O2/c15-11(16)12-4-2-8-14-7-1-3-9(14)10(12)13-6-5-12/h9-10,13H,1-8H2,(H,15,16). The Kier molecular flexibility index (Phi) is 2.44. The summed E-state index contributed by atoms with van der Waals surface area (Å²) in [6.45, 7) is 3.14. The first-order chi connectivity index (χ1) is 7.74. The molecule has 16 heavy (non-hydrogen) atoms. The SMILES string of the molecule is O=C(O)C12CCCN3CCCC3C1NCC2. The third-order valence-corrected chi connectivity index (χ3v) is 4.82. The average Bonchev–Trinajstić information content (AvgIpc) is 2.83. The highest BCUT2D eigenvalue weighted by Gasteiger charge is 2.54. The van der Waals surface area contributed by atoms with Gasteiger partial charge in [0.2, 0.25) is 0 Å². The molecule has 3 heterocycles. The van der Waals surface area contributed by atoms with E-state index in [0.717, 1.165) is 32.4 Å². The minimum Gasteiger partial charge on any atom is -0.481 e. The minimum atomic E-state index is -0.573. The Morgan fingerprint density at radius 2 is 2.12 bits per heavy atom. The molecule has 4 heteroatoms. The molecule has 2 N–H and O–H groups in total. The highest BCUT2D eigenvalue weighted by atomic mass is 16.4. The third kappa shape index (κ3) is 1.32. The number of nitrogens with one attached hydrogen (secondary N) is 1. The van der Waals surface area contributed by atoms with Gasteiger partial charge in [-0.1, -0.05) is 0 Å². The molecular formula is C12H20N2O2. The maximum absolute atomic E-state index is 11.6. The first-order valence-electron chi connectivity index (χ1n) is 6.45. The van der Waals surface area contributed by atoms with E-state index in [2.05, 4.69) is 10.2 Å². The molecule has 3 rings (SSSR count). The van der Waals surface area contributed by atoms with Crippen LogP contribution < -0.4 is 5.32 Å². The van der Waals surface area contributed by atoms with Crippen LogP contribution in [0.15, 0.2) is 0 Å². The molecular weight excluding hydrogens is 204 g/mol. The number of rotatable bonds is 1. The van der Waals surface area contributed by atoms with Gasteiger partial charge in [0.15, 0.2) is 0 Å². The van der Waals surface area contributed by atoms with E-state index in [4.69, 9.17) is 0 Å². The molecule has 0 radical (unpaired) electrons. The Labute approximate surface area is 96.0 Å². The number of aliphatic carboxylic acids is 1. The zero-order valence-electron chi connectivity index (χ0n) is 9.61. The van der Waals surface area contributed by atoms with Gasteiger partial charge in [-0.25, -0.2) is 0 Å². The molecule has 3 fully saturated rings. The Morgan fingerprint density at radius 1 is 1.31 bits per heavy atom. The average molecular weight is 224 g/mol. The van der Waals surface area contributed by atoms with Crippen molar-refractivity contribution in [2.24, 2.45) is 5.41 Å². The number of carboxylic acids is 1. The fraction of sp³-hybridized carbons (Fsp3) is 0.917. The Bertz CT molecular complexity index is 307. The Hall–Kier alpha value is -0.610. The zero-order valence-corrected chi connectivity index (χ0v) is 9.61. The maximum atomic E-state index is 11.6. The van der Waals surface area contributed by atoms with Crippen molar-refractivity contribution in [3.63, 3.8) is 0 Å². The number of hydrogen-bond acceptors (Lipinski definition) is 3. The van der Waals surface area contributed by atoms with Gasteiger partial charge in [0.05, 0.1) is 5.41 Å². The van der Waals surface area contributed by atoms with Crippen molar-refractivity contribution in [3.05, 3.63) is 0 Å². The Balaban J connectivity index is 1.94. The first kappa shape index (κ1) is 10.5. The van der Waals surface area contributed by atoms with Crippen LogP contribution in [0.2, 0.25) is 0 Å². The van der Waals surface area contributed by atoms with Gasteiger partial charge in [-0.15, -0.1) is 0 Å². The van der Waals surface area contributed by atoms with E-state index in [9.17, 15) is 9.90 Å². The normalized spacial score (nSPS) is 43.8. The molecule has 4 nitrogen and oxygen atoms in total. The predicted octanol–water partition coefficient (Wildman–Crippen LogP) is 0.678. The minimum absolute atomic E-state index is 0.190. The van der Waals surface area contributed by atoms with Crippen LogP contribution in [-0.2, 0) is 4.79 Å². The van der Waals surface area contributed by atoms with Gasteiger partial charge in [-0.2, -0.15) is 0 Å². The van der Waals surface area contributed by atoms with E-state index in [0.29, 0.717) is 6.04 Å². The van der Waals surface area contributed by atoms with E-state index >= 15 is 0 Å². The summed E-state index contributed by atoms with van der Waals surface area (Å²) in [6.07, 6.45) is 5.12. The fourth-order valence-electron chi connectivity index (χ4n) is 4.04. The van der Waals surface area contributed by atoms with Gasteiger partial charge in [0, 0.05) is 12.1 Å². The molecule has 0 bridgehead atoms. The Morgan fingerprint density at radius 3 is 2.94 bits per heavy atom. The van der Waals surface area contributed by atoms with Gasteiger partial charge in [-0.05, 0) is 51.7 Å². The number of hydrogen-bond donors (Lipinski definition) is 2. The molecule has 0 saturated carbocycles. The van der Waals surface area contributed by atoms with Crippen molar-refractivity contribution in [1.82, 2.24) is 10.2 Å². The lowest BCUT2D eigenvalue weighted by Crippen LogP contribution is -2.52. The van der Waals surface area contributed by atoms with Crippen LogP contribution in [0.5, 0.6) is 0 Å². The third-order valence-electron chi connectivity index (χ3n) is 4.82. The fourth-order valence-corrected chi connectivity index (χ4v) is 4.04. The summed E-state index contributed by atoms with van der Waals surface area (Å²) in [6, 6.07) is 0.663. The maximum Gasteiger partial charge on any atom is 0.311 e. The summed E-state index contributed by atoms with van der Waals surface area (Å²) in [5, 5.41) is 13.1. The molecule has 3 unspecified atom stereocenters. The lowest BCUT2D eigenvalue weighted by molar-refractivity contribution is -0.150. The zero-order chi connectivity index (χ0) is 11.2. The molecule has 3 atom stereocenters. The largest absolute Gasteiger partial charge is 0.481 e. The topological polar surface area (TPSA) is 52.6 Å². The van der Waals surface area contributed by atoms with Crippen molar-refractivity contribution in [2.45, 2.75) is 44.2 Å². The van der Waals surface area contributed by atoms with Crippen molar-refractivity contribution in [2.75, 3.05) is 19.6 Å². The molecule has 0 aliphatic carbocycles. The molecule has 90 valence electrons. The second-order valence-corrected chi connectivity index (χ2v) is 5.49. The molecule has 0 amide bonds. The van der Waals surface area contributed by atoms with Crippen LogP contribution in [0.4, 0.5) is 0 Å².